The minimum atomic E-state index is 0.0132. The molecule has 18 heavy (non-hydrogen) atoms. The standard InChI is InChI=1S/C14H24N2O2/c1-4-5-12(2)10-15-13-6-7-14(17)16(11-13)8-9-18-3/h6-7,11-12,15H,4-5,8-10H2,1-3H3. The van der Waals surface area contributed by atoms with E-state index >= 15 is 0 Å². The third-order valence-electron chi connectivity index (χ3n) is 2.96. The lowest BCUT2D eigenvalue weighted by atomic mass is 10.1. The Morgan fingerprint density at radius 3 is 2.89 bits per heavy atom. The van der Waals surface area contributed by atoms with Crippen LogP contribution in [-0.2, 0) is 11.3 Å². The van der Waals surface area contributed by atoms with Crippen molar-refractivity contribution in [2.75, 3.05) is 25.6 Å². The minimum absolute atomic E-state index is 0.0132. The van der Waals surface area contributed by atoms with Gasteiger partial charge in [-0.25, -0.2) is 0 Å². The predicted molar refractivity (Wildman–Crippen MR) is 75.1 cm³/mol. The molecule has 1 heterocycles. The maximum atomic E-state index is 11.6. The fourth-order valence-electron chi connectivity index (χ4n) is 1.89. The molecule has 1 atom stereocenters. The fourth-order valence-corrected chi connectivity index (χ4v) is 1.89. The van der Waals surface area contributed by atoms with Crippen LogP contribution in [0.1, 0.15) is 26.7 Å². The molecule has 102 valence electrons. The Hall–Kier alpha value is -1.29. The molecule has 0 amide bonds. The number of hydrogen-bond acceptors (Lipinski definition) is 3. The summed E-state index contributed by atoms with van der Waals surface area (Å²) in [4.78, 5) is 11.6. The number of aromatic nitrogens is 1. The van der Waals surface area contributed by atoms with Gasteiger partial charge in [0.05, 0.1) is 12.3 Å². The molecule has 0 fully saturated rings. The summed E-state index contributed by atoms with van der Waals surface area (Å²) in [5.74, 6) is 0.648. The first kappa shape index (κ1) is 14.8. The lowest BCUT2D eigenvalue weighted by molar-refractivity contribution is 0.186. The maximum absolute atomic E-state index is 11.6. The van der Waals surface area contributed by atoms with E-state index in [9.17, 15) is 4.79 Å². The summed E-state index contributed by atoms with van der Waals surface area (Å²) in [5.41, 5.74) is 1.01. The van der Waals surface area contributed by atoms with Gasteiger partial charge in [-0.1, -0.05) is 20.3 Å². The third-order valence-corrected chi connectivity index (χ3v) is 2.96. The molecule has 4 heteroatoms. The van der Waals surface area contributed by atoms with Crippen molar-refractivity contribution in [3.63, 3.8) is 0 Å². The van der Waals surface area contributed by atoms with Crippen LogP contribution in [0.15, 0.2) is 23.1 Å². The summed E-state index contributed by atoms with van der Waals surface area (Å²) in [5, 5.41) is 3.37. The van der Waals surface area contributed by atoms with E-state index in [0.29, 0.717) is 19.1 Å². The van der Waals surface area contributed by atoms with E-state index in [1.165, 1.54) is 12.8 Å². The fraction of sp³-hybridized carbons (Fsp3) is 0.643. The van der Waals surface area contributed by atoms with Crippen LogP contribution < -0.4 is 10.9 Å². The second kappa shape index (κ2) is 7.93. The van der Waals surface area contributed by atoms with E-state index in [4.69, 9.17) is 4.74 Å². The van der Waals surface area contributed by atoms with Crippen molar-refractivity contribution in [2.45, 2.75) is 33.2 Å². The Morgan fingerprint density at radius 2 is 2.22 bits per heavy atom. The molecule has 1 aromatic heterocycles. The molecule has 0 saturated heterocycles. The molecule has 1 unspecified atom stereocenters. The van der Waals surface area contributed by atoms with Crippen molar-refractivity contribution in [3.05, 3.63) is 28.7 Å². The lowest BCUT2D eigenvalue weighted by Crippen LogP contribution is -2.22. The summed E-state index contributed by atoms with van der Waals surface area (Å²) in [6.07, 6.45) is 4.28. The number of hydrogen-bond donors (Lipinski definition) is 1. The van der Waals surface area contributed by atoms with Crippen LogP contribution in [0, 0.1) is 5.92 Å². The van der Waals surface area contributed by atoms with Crippen LogP contribution >= 0.6 is 0 Å². The normalized spacial score (nSPS) is 12.4. The van der Waals surface area contributed by atoms with Crippen molar-refractivity contribution in [2.24, 2.45) is 5.92 Å². The van der Waals surface area contributed by atoms with Gasteiger partial charge in [0.2, 0.25) is 0 Å². The topological polar surface area (TPSA) is 43.3 Å². The second-order valence-electron chi connectivity index (χ2n) is 4.72. The van der Waals surface area contributed by atoms with Gasteiger partial charge >= 0.3 is 0 Å². The number of rotatable bonds is 8. The summed E-state index contributed by atoms with van der Waals surface area (Å²) in [7, 11) is 1.64. The van der Waals surface area contributed by atoms with Crippen LogP contribution in [-0.4, -0.2) is 24.8 Å². The van der Waals surface area contributed by atoms with E-state index in [0.717, 1.165) is 12.2 Å². The molecule has 0 aromatic carbocycles. The van der Waals surface area contributed by atoms with E-state index in [1.54, 1.807) is 17.7 Å². The molecular weight excluding hydrogens is 228 g/mol. The van der Waals surface area contributed by atoms with Crippen LogP contribution in [0.2, 0.25) is 0 Å². The maximum Gasteiger partial charge on any atom is 0.250 e. The average molecular weight is 252 g/mol. The summed E-state index contributed by atoms with van der Waals surface area (Å²) in [6.45, 7) is 6.51. The first-order valence-electron chi connectivity index (χ1n) is 6.60. The van der Waals surface area contributed by atoms with Gasteiger partial charge in [-0.3, -0.25) is 4.79 Å². The number of nitrogens with zero attached hydrogens (tertiary/aromatic N) is 1. The van der Waals surface area contributed by atoms with Gasteiger partial charge in [-0.05, 0) is 18.4 Å². The molecule has 0 spiro atoms. The zero-order valence-electron chi connectivity index (χ0n) is 11.6. The first-order valence-corrected chi connectivity index (χ1v) is 6.60. The largest absolute Gasteiger partial charge is 0.384 e. The van der Waals surface area contributed by atoms with E-state index < -0.39 is 0 Å². The number of pyridine rings is 1. The molecule has 1 rings (SSSR count). The van der Waals surface area contributed by atoms with E-state index in [2.05, 4.69) is 19.2 Å². The number of anilines is 1. The van der Waals surface area contributed by atoms with Crippen molar-refractivity contribution >= 4 is 5.69 Å². The quantitative estimate of drug-likeness (QED) is 0.772. The first-order chi connectivity index (χ1) is 8.67. The highest BCUT2D eigenvalue weighted by Crippen LogP contribution is 2.08. The SMILES string of the molecule is CCCC(C)CNc1ccc(=O)n(CCOC)c1. The van der Waals surface area contributed by atoms with Crippen LogP contribution in [0.4, 0.5) is 5.69 Å². The van der Waals surface area contributed by atoms with Gasteiger partial charge in [-0.15, -0.1) is 0 Å². The van der Waals surface area contributed by atoms with Crippen molar-refractivity contribution in [1.82, 2.24) is 4.57 Å². The van der Waals surface area contributed by atoms with Crippen LogP contribution in [0.5, 0.6) is 0 Å². The third kappa shape index (κ3) is 4.92. The molecule has 0 aliphatic carbocycles. The number of ether oxygens (including phenoxy) is 1. The molecule has 0 saturated carbocycles. The smallest absolute Gasteiger partial charge is 0.250 e. The minimum Gasteiger partial charge on any atom is -0.384 e. The summed E-state index contributed by atoms with van der Waals surface area (Å²) >= 11 is 0. The zero-order chi connectivity index (χ0) is 13.4. The summed E-state index contributed by atoms with van der Waals surface area (Å²) in [6, 6.07) is 3.44. The molecule has 1 aromatic rings. The Kier molecular flexibility index (Phi) is 6.50. The van der Waals surface area contributed by atoms with Gasteiger partial charge in [-0.2, -0.15) is 0 Å². The van der Waals surface area contributed by atoms with Gasteiger partial charge in [0, 0.05) is 32.5 Å². The lowest BCUT2D eigenvalue weighted by Gasteiger charge is -2.13. The van der Waals surface area contributed by atoms with Crippen molar-refractivity contribution in [1.29, 1.82) is 0 Å². The van der Waals surface area contributed by atoms with Crippen LogP contribution in [0.3, 0.4) is 0 Å². The number of methoxy groups -OCH3 is 1. The van der Waals surface area contributed by atoms with E-state index in [-0.39, 0.29) is 5.56 Å². The van der Waals surface area contributed by atoms with Crippen LogP contribution in [0.25, 0.3) is 0 Å². The van der Waals surface area contributed by atoms with Gasteiger partial charge in [0.25, 0.3) is 5.56 Å². The monoisotopic (exact) mass is 252 g/mol. The molecular formula is C14H24N2O2. The highest BCUT2D eigenvalue weighted by molar-refractivity contribution is 5.40. The Morgan fingerprint density at radius 1 is 1.44 bits per heavy atom. The molecule has 0 aliphatic heterocycles. The summed E-state index contributed by atoms with van der Waals surface area (Å²) < 4.78 is 6.67. The van der Waals surface area contributed by atoms with Crippen molar-refractivity contribution < 1.29 is 4.74 Å². The van der Waals surface area contributed by atoms with Crippen molar-refractivity contribution in [3.8, 4) is 0 Å². The average Bonchev–Trinajstić information content (AvgIpc) is 2.36. The highest BCUT2D eigenvalue weighted by atomic mass is 16.5. The Bertz CT molecular complexity index is 401. The Balaban J connectivity index is 2.58. The molecule has 4 nitrogen and oxygen atoms in total. The Labute approximate surface area is 109 Å². The second-order valence-corrected chi connectivity index (χ2v) is 4.72. The molecule has 0 radical (unpaired) electrons. The van der Waals surface area contributed by atoms with Gasteiger partial charge in [0.15, 0.2) is 0 Å². The van der Waals surface area contributed by atoms with E-state index in [1.807, 2.05) is 12.3 Å². The molecule has 0 aliphatic rings. The molecule has 1 N–H and O–H groups in total. The zero-order valence-corrected chi connectivity index (χ0v) is 11.6. The molecule has 0 bridgehead atoms. The number of nitrogens with one attached hydrogen (secondary N) is 1. The van der Waals surface area contributed by atoms with Gasteiger partial charge in [0.1, 0.15) is 0 Å². The van der Waals surface area contributed by atoms with Gasteiger partial charge < -0.3 is 14.6 Å². The highest BCUT2D eigenvalue weighted by Gasteiger charge is 2.02. The predicted octanol–water partition coefficient (Wildman–Crippen LogP) is 2.34.